The molecule has 116 valence electrons. The van der Waals surface area contributed by atoms with Crippen LogP contribution in [0.1, 0.15) is 51.5 Å². The van der Waals surface area contributed by atoms with Crippen LogP contribution in [0.5, 0.6) is 0 Å². The van der Waals surface area contributed by atoms with Gasteiger partial charge in [-0.25, -0.2) is 9.37 Å². The molecule has 0 amide bonds. The standard InChI is InChI=1S/C17H26FN3/c1-12(2)19-10-14-9-15(18)11-20-17(14)21-8-7-13-5-3-4-6-16(13)21/h9,11-13,16,19H,3-8,10H2,1-2H3. The number of anilines is 1. The first-order chi connectivity index (χ1) is 10.1. The van der Waals surface area contributed by atoms with E-state index in [0.29, 0.717) is 18.6 Å². The minimum Gasteiger partial charge on any atom is -0.353 e. The SMILES string of the molecule is CC(C)NCc1cc(F)cnc1N1CCC2CCCCC21. The molecule has 4 heteroatoms. The molecule has 2 atom stereocenters. The number of rotatable bonds is 4. The minimum absolute atomic E-state index is 0.237. The Kier molecular flexibility index (Phi) is 4.43. The fourth-order valence-electron chi connectivity index (χ4n) is 3.85. The molecule has 0 spiro atoms. The maximum atomic E-state index is 13.6. The molecule has 0 aromatic carbocycles. The monoisotopic (exact) mass is 291 g/mol. The summed E-state index contributed by atoms with van der Waals surface area (Å²) < 4.78 is 13.6. The molecule has 1 saturated carbocycles. The first kappa shape index (κ1) is 14.8. The van der Waals surface area contributed by atoms with Gasteiger partial charge in [0.25, 0.3) is 0 Å². The van der Waals surface area contributed by atoms with Crippen LogP contribution in [0.3, 0.4) is 0 Å². The van der Waals surface area contributed by atoms with Crippen molar-refractivity contribution in [1.82, 2.24) is 10.3 Å². The number of nitrogens with zero attached hydrogens (tertiary/aromatic N) is 2. The molecule has 1 saturated heterocycles. The van der Waals surface area contributed by atoms with E-state index in [4.69, 9.17) is 0 Å². The molecule has 1 aromatic rings. The molecular weight excluding hydrogens is 265 g/mol. The van der Waals surface area contributed by atoms with Crippen molar-refractivity contribution in [2.75, 3.05) is 11.4 Å². The molecule has 1 aliphatic heterocycles. The van der Waals surface area contributed by atoms with Crippen molar-refractivity contribution in [2.24, 2.45) is 5.92 Å². The summed E-state index contributed by atoms with van der Waals surface area (Å²) in [4.78, 5) is 6.89. The van der Waals surface area contributed by atoms with Gasteiger partial charge in [0.05, 0.1) is 6.20 Å². The summed E-state index contributed by atoms with van der Waals surface area (Å²) in [5.41, 5.74) is 0.995. The lowest BCUT2D eigenvalue weighted by molar-refractivity contribution is 0.341. The Bertz CT molecular complexity index is 489. The van der Waals surface area contributed by atoms with Crippen molar-refractivity contribution in [3.8, 4) is 0 Å². The van der Waals surface area contributed by atoms with E-state index in [9.17, 15) is 4.39 Å². The van der Waals surface area contributed by atoms with E-state index in [1.54, 1.807) is 6.07 Å². The van der Waals surface area contributed by atoms with E-state index in [1.807, 2.05) is 0 Å². The number of hydrogen-bond donors (Lipinski definition) is 1. The fraction of sp³-hybridized carbons (Fsp3) is 0.706. The minimum atomic E-state index is -0.237. The zero-order chi connectivity index (χ0) is 14.8. The maximum absolute atomic E-state index is 13.6. The highest BCUT2D eigenvalue weighted by atomic mass is 19.1. The van der Waals surface area contributed by atoms with Crippen molar-refractivity contribution < 1.29 is 4.39 Å². The summed E-state index contributed by atoms with van der Waals surface area (Å²) in [7, 11) is 0. The van der Waals surface area contributed by atoms with E-state index in [0.717, 1.165) is 23.8 Å². The highest BCUT2D eigenvalue weighted by Crippen LogP contribution is 2.39. The second kappa shape index (κ2) is 6.30. The van der Waals surface area contributed by atoms with Crippen molar-refractivity contribution >= 4 is 5.82 Å². The van der Waals surface area contributed by atoms with Crippen LogP contribution in [0.2, 0.25) is 0 Å². The van der Waals surface area contributed by atoms with Gasteiger partial charge < -0.3 is 10.2 Å². The molecule has 0 bridgehead atoms. The van der Waals surface area contributed by atoms with Crippen LogP contribution < -0.4 is 10.2 Å². The van der Waals surface area contributed by atoms with E-state index < -0.39 is 0 Å². The van der Waals surface area contributed by atoms with Crippen molar-refractivity contribution in [1.29, 1.82) is 0 Å². The van der Waals surface area contributed by atoms with Crippen molar-refractivity contribution in [2.45, 2.75) is 64.6 Å². The summed E-state index contributed by atoms with van der Waals surface area (Å²) >= 11 is 0. The van der Waals surface area contributed by atoms with Crippen molar-refractivity contribution in [3.63, 3.8) is 0 Å². The number of hydrogen-bond acceptors (Lipinski definition) is 3. The Balaban J connectivity index is 1.83. The molecule has 2 aliphatic rings. The first-order valence-electron chi connectivity index (χ1n) is 8.29. The number of aromatic nitrogens is 1. The average molecular weight is 291 g/mol. The van der Waals surface area contributed by atoms with Gasteiger partial charge in [-0.2, -0.15) is 0 Å². The smallest absolute Gasteiger partial charge is 0.141 e. The topological polar surface area (TPSA) is 28.2 Å². The molecule has 0 radical (unpaired) electrons. The Labute approximate surface area is 126 Å². The van der Waals surface area contributed by atoms with Gasteiger partial charge in [-0.1, -0.05) is 26.7 Å². The summed E-state index contributed by atoms with van der Waals surface area (Å²) in [5, 5.41) is 3.39. The highest BCUT2D eigenvalue weighted by molar-refractivity contribution is 5.49. The zero-order valence-corrected chi connectivity index (χ0v) is 13.1. The lowest BCUT2D eigenvalue weighted by atomic mass is 9.85. The summed E-state index contributed by atoms with van der Waals surface area (Å²) in [6.07, 6.45) is 7.93. The Morgan fingerprint density at radius 1 is 1.33 bits per heavy atom. The summed E-state index contributed by atoms with van der Waals surface area (Å²) in [6, 6.07) is 2.66. The van der Waals surface area contributed by atoms with Crippen LogP contribution >= 0.6 is 0 Å². The number of fused-ring (bicyclic) bond motifs is 1. The summed E-state index contributed by atoms with van der Waals surface area (Å²) in [5.74, 6) is 1.58. The molecule has 1 aliphatic carbocycles. The first-order valence-corrected chi connectivity index (χ1v) is 8.29. The lowest BCUT2D eigenvalue weighted by Crippen LogP contribution is -2.36. The largest absolute Gasteiger partial charge is 0.353 e. The molecule has 1 N–H and O–H groups in total. The van der Waals surface area contributed by atoms with Gasteiger partial charge >= 0.3 is 0 Å². The Morgan fingerprint density at radius 3 is 2.95 bits per heavy atom. The van der Waals surface area contributed by atoms with Crippen LogP contribution in [0.15, 0.2) is 12.3 Å². The van der Waals surface area contributed by atoms with E-state index >= 15 is 0 Å². The normalized spacial score (nSPS) is 25.4. The Morgan fingerprint density at radius 2 is 2.14 bits per heavy atom. The quantitative estimate of drug-likeness (QED) is 0.920. The van der Waals surface area contributed by atoms with Crippen molar-refractivity contribution in [3.05, 3.63) is 23.6 Å². The number of pyridine rings is 1. The molecule has 2 fully saturated rings. The second-order valence-electron chi connectivity index (χ2n) is 6.77. The molecule has 2 unspecified atom stereocenters. The van der Waals surface area contributed by atoms with Gasteiger partial charge in [-0.05, 0) is 31.2 Å². The van der Waals surface area contributed by atoms with Gasteiger partial charge in [0.15, 0.2) is 0 Å². The number of nitrogens with one attached hydrogen (secondary N) is 1. The molecule has 3 nitrogen and oxygen atoms in total. The van der Waals surface area contributed by atoms with Gasteiger partial charge in [-0.3, -0.25) is 0 Å². The van der Waals surface area contributed by atoms with Gasteiger partial charge in [0, 0.05) is 30.7 Å². The molecule has 1 aromatic heterocycles. The number of halogens is 1. The third-order valence-electron chi connectivity index (χ3n) is 4.89. The van der Waals surface area contributed by atoms with E-state index in [1.165, 1.54) is 38.3 Å². The van der Waals surface area contributed by atoms with Crippen LogP contribution in [-0.2, 0) is 6.54 Å². The van der Waals surface area contributed by atoms with Gasteiger partial charge in [0.2, 0.25) is 0 Å². The zero-order valence-electron chi connectivity index (χ0n) is 13.1. The molecule has 3 rings (SSSR count). The van der Waals surface area contributed by atoms with Crippen LogP contribution in [0.4, 0.5) is 10.2 Å². The molecule has 21 heavy (non-hydrogen) atoms. The fourth-order valence-corrected chi connectivity index (χ4v) is 3.85. The van der Waals surface area contributed by atoms with Crippen LogP contribution in [-0.4, -0.2) is 23.6 Å². The molecular formula is C17H26FN3. The maximum Gasteiger partial charge on any atom is 0.141 e. The van der Waals surface area contributed by atoms with Crippen LogP contribution in [0, 0.1) is 11.7 Å². The van der Waals surface area contributed by atoms with Gasteiger partial charge in [0.1, 0.15) is 11.6 Å². The van der Waals surface area contributed by atoms with E-state index in [2.05, 4.69) is 29.0 Å². The third kappa shape index (κ3) is 3.20. The predicted octanol–water partition coefficient (Wildman–Crippen LogP) is 3.49. The summed E-state index contributed by atoms with van der Waals surface area (Å²) in [6.45, 7) is 5.98. The second-order valence-corrected chi connectivity index (χ2v) is 6.77. The Hall–Kier alpha value is -1.16. The van der Waals surface area contributed by atoms with Crippen LogP contribution in [0.25, 0.3) is 0 Å². The highest BCUT2D eigenvalue weighted by Gasteiger charge is 2.37. The molecule has 2 heterocycles. The lowest BCUT2D eigenvalue weighted by Gasteiger charge is -2.33. The average Bonchev–Trinajstić information content (AvgIpc) is 2.89. The van der Waals surface area contributed by atoms with Gasteiger partial charge in [-0.15, -0.1) is 0 Å². The third-order valence-corrected chi connectivity index (χ3v) is 4.89. The van der Waals surface area contributed by atoms with E-state index in [-0.39, 0.29) is 5.82 Å². The predicted molar refractivity (Wildman–Crippen MR) is 83.9 cm³/mol.